The van der Waals surface area contributed by atoms with Gasteiger partial charge in [0.1, 0.15) is 11.0 Å². The first-order chi connectivity index (χ1) is 10.3. The van der Waals surface area contributed by atoms with Gasteiger partial charge in [-0.15, -0.1) is 10.2 Å². The Balaban J connectivity index is 1.62. The van der Waals surface area contributed by atoms with E-state index < -0.39 is 0 Å². The molecule has 0 aliphatic rings. The molecule has 0 radical (unpaired) electrons. The molecule has 0 saturated heterocycles. The molecular formula is C11H10N6OS3. The fraction of sp³-hybridized carbons (Fsp3) is 0.182. The van der Waals surface area contributed by atoms with Crippen LogP contribution in [-0.2, 0) is 4.79 Å². The molecule has 10 heteroatoms. The minimum Gasteiger partial charge on any atom is -0.363 e. The van der Waals surface area contributed by atoms with Crippen LogP contribution < -0.4 is 10.6 Å². The van der Waals surface area contributed by atoms with Crippen molar-refractivity contribution < 1.29 is 4.79 Å². The first kappa shape index (κ1) is 14.2. The fourth-order valence-electron chi connectivity index (χ4n) is 1.59. The molecule has 0 aliphatic carbocycles. The second kappa shape index (κ2) is 6.33. The van der Waals surface area contributed by atoms with Gasteiger partial charge in [0.05, 0.1) is 23.2 Å². The molecule has 3 aromatic rings. The van der Waals surface area contributed by atoms with Crippen molar-refractivity contribution in [3.63, 3.8) is 0 Å². The Morgan fingerprint density at radius 3 is 3.05 bits per heavy atom. The topological polar surface area (TPSA) is 92.7 Å². The number of hydrogen-bond acceptors (Lipinski definition) is 9. The average Bonchev–Trinajstić information content (AvgIpc) is 3.14. The van der Waals surface area contributed by atoms with E-state index in [9.17, 15) is 4.79 Å². The molecule has 0 spiro atoms. The van der Waals surface area contributed by atoms with E-state index in [2.05, 4.69) is 29.6 Å². The van der Waals surface area contributed by atoms with Gasteiger partial charge in [0.15, 0.2) is 4.34 Å². The normalized spacial score (nSPS) is 10.7. The molecule has 0 saturated carbocycles. The molecule has 0 atom stereocenters. The minimum absolute atomic E-state index is 0.110. The van der Waals surface area contributed by atoms with Crippen molar-refractivity contribution in [3.05, 3.63) is 18.2 Å². The Hall–Kier alpha value is -1.78. The van der Waals surface area contributed by atoms with Crippen LogP contribution in [0.25, 0.3) is 11.0 Å². The molecule has 0 bridgehead atoms. The maximum Gasteiger partial charge on any atom is 0.234 e. The number of carbonyl (C=O) groups is 1. The van der Waals surface area contributed by atoms with Crippen LogP contribution in [0.5, 0.6) is 0 Å². The first-order valence-electron chi connectivity index (χ1n) is 5.91. The van der Waals surface area contributed by atoms with Crippen LogP contribution in [0, 0.1) is 0 Å². The number of nitrogens with one attached hydrogen (secondary N) is 2. The lowest BCUT2D eigenvalue weighted by atomic mass is 10.2. The third-order valence-corrected chi connectivity index (χ3v) is 5.12. The number of thioether (sulfide) groups is 1. The third kappa shape index (κ3) is 3.28. The highest BCUT2D eigenvalue weighted by Gasteiger charge is 2.10. The first-order valence-corrected chi connectivity index (χ1v) is 8.44. The molecule has 3 rings (SSSR count). The Kier molecular flexibility index (Phi) is 4.27. The van der Waals surface area contributed by atoms with E-state index in [1.165, 1.54) is 23.1 Å². The highest BCUT2D eigenvalue weighted by molar-refractivity contribution is 8.01. The standard InChI is InChI=1S/C11H10N6OS3/c1-12-10-14-15-11(20-10)19-5-8(18)13-6-3-2-4-7-9(6)17-21-16-7/h2-4H,5H2,1H3,(H,12,14)(H,13,18). The van der Waals surface area contributed by atoms with E-state index in [1.807, 2.05) is 18.2 Å². The lowest BCUT2D eigenvalue weighted by Gasteiger charge is -2.04. The van der Waals surface area contributed by atoms with Gasteiger partial charge in [0.2, 0.25) is 11.0 Å². The molecule has 0 unspecified atom stereocenters. The van der Waals surface area contributed by atoms with Crippen LogP contribution in [0.15, 0.2) is 22.5 Å². The van der Waals surface area contributed by atoms with Gasteiger partial charge in [0, 0.05) is 7.05 Å². The van der Waals surface area contributed by atoms with Gasteiger partial charge in [-0.1, -0.05) is 29.2 Å². The highest BCUT2D eigenvalue weighted by Crippen LogP contribution is 2.26. The smallest absolute Gasteiger partial charge is 0.234 e. The molecule has 1 aromatic carbocycles. The number of aromatic nitrogens is 4. The Bertz CT molecular complexity index is 770. The van der Waals surface area contributed by atoms with Gasteiger partial charge in [-0.3, -0.25) is 4.79 Å². The van der Waals surface area contributed by atoms with Crippen molar-refractivity contribution in [2.75, 3.05) is 23.4 Å². The number of rotatable bonds is 5. The molecule has 0 aliphatic heterocycles. The summed E-state index contributed by atoms with van der Waals surface area (Å²) in [5.74, 6) is 0.161. The van der Waals surface area contributed by atoms with Gasteiger partial charge < -0.3 is 10.6 Å². The molecule has 2 aromatic heterocycles. The largest absolute Gasteiger partial charge is 0.363 e. The monoisotopic (exact) mass is 338 g/mol. The Morgan fingerprint density at radius 1 is 1.33 bits per heavy atom. The maximum atomic E-state index is 12.0. The fourth-order valence-corrected chi connectivity index (χ4v) is 3.64. The average molecular weight is 338 g/mol. The lowest BCUT2D eigenvalue weighted by Crippen LogP contribution is -2.14. The van der Waals surface area contributed by atoms with E-state index in [1.54, 1.807) is 7.05 Å². The van der Waals surface area contributed by atoms with Gasteiger partial charge >= 0.3 is 0 Å². The summed E-state index contributed by atoms with van der Waals surface area (Å²) in [6.07, 6.45) is 0. The lowest BCUT2D eigenvalue weighted by molar-refractivity contribution is -0.113. The van der Waals surface area contributed by atoms with E-state index in [0.29, 0.717) is 11.2 Å². The summed E-state index contributed by atoms with van der Waals surface area (Å²) in [5, 5.41) is 14.4. The Labute approximate surface area is 132 Å². The van der Waals surface area contributed by atoms with Crippen LogP contribution >= 0.6 is 34.8 Å². The second-order valence-electron chi connectivity index (χ2n) is 3.90. The SMILES string of the molecule is CNc1nnc(SCC(=O)Nc2cccc3nsnc23)s1. The second-order valence-corrected chi connectivity index (χ2v) is 6.63. The molecule has 1 amide bonds. The van der Waals surface area contributed by atoms with Crippen LogP contribution in [0.1, 0.15) is 0 Å². The molecule has 0 fully saturated rings. The molecule has 2 N–H and O–H groups in total. The number of carbonyl (C=O) groups excluding carboxylic acids is 1. The Morgan fingerprint density at radius 2 is 2.24 bits per heavy atom. The minimum atomic E-state index is -0.110. The maximum absolute atomic E-state index is 12.0. The number of benzene rings is 1. The predicted octanol–water partition coefficient (Wildman–Crippen LogP) is 2.32. The van der Waals surface area contributed by atoms with Gasteiger partial charge in [-0.05, 0) is 12.1 Å². The quantitative estimate of drug-likeness (QED) is 0.690. The molecule has 7 nitrogen and oxygen atoms in total. The van der Waals surface area contributed by atoms with Crippen molar-refractivity contribution in [1.82, 2.24) is 18.9 Å². The van der Waals surface area contributed by atoms with Gasteiger partial charge in [0.25, 0.3) is 0 Å². The summed E-state index contributed by atoms with van der Waals surface area (Å²) in [5.41, 5.74) is 2.18. The number of amides is 1. The zero-order valence-corrected chi connectivity index (χ0v) is 13.3. The third-order valence-electron chi connectivity index (χ3n) is 2.51. The summed E-state index contributed by atoms with van der Waals surface area (Å²) in [6, 6.07) is 5.52. The van der Waals surface area contributed by atoms with Crippen molar-refractivity contribution >= 4 is 62.6 Å². The highest BCUT2D eigenvalue weighted by atomic mass is 32.2. The molecule has 2 heterocycles. The number of nitrogens with zero attached hydrogens (tertiary/aromatic N) is 4. The van der Waals surface area contributed by atoms with E-state index in [4.69, 9.17) is 0 Å². The van der Waals surface area contributed by atoms with Crippen LogP contribution in [0.3, 0.4) is 0 Å². The summed E-state index contributed by atoms with van der Waals surface area (Å²) in [4.78, 5) is 12.0. The van der Waals surface area contributed by atoms with E-state index >= 15 is 0 Å². The number of anilines is 2. The van der Waals surface area contributed by atoms with Crippen molar-refractivity contribution in [3.8, 4) is 0 Å². The molecular weight excluding hydrogens is 328 g/mol. The van der Waals surface area contributed by atoms with E-state index in [0.717, 1.165) is 26.7 Å². The summed E-state index contributed by atoms with van der Waals surface area (Å²) >= 11 is 3.89. The summed E-state index contributed by atoms with van der Waals surface area (Å²) in [6.45, 7) is 0. The predicted molar refractivity (Wildman–Crippen MR) is 86.2 cm³/mol. The summed E-state index contributed by atoms with van der Waals surface area (Å²) < 4.78 is 9.08. The zero-order valence-electron chi connectivity index (χ0n) is 10.9. The van der Waals surface area contributed by atoms with E-state index in [-0.39, 0.29) is 11.7 Å². The molecule has 108 valence electrons. The molecule has 21 heavy (non-hydrogen) atoms. The van der Waals surface area contributed by atoms with Gasteiger partial charge in [-0.2, -0.15) is 8.75 Å². The summed E-state index contributed by atoms with van der Waals surface area (Å²) in [7, 11) is 1.78. The van der Waals surface area contributed by atoms with Crippen molar-refractivity contribution in [2.24, 2.45) is 0 Å². The van der Waals surface area contributed by atoms with Crippen LogP contribution in [0.2, 0.25) is 0 Å². The van der Waals surface area contributed by atoms with Gasteiger partial charge in [-0.25, -0.2) is 0 Å². The zero-order chi connectivity index (χ0) is 14.7. The van der Waals surface area contributed by atoms with Crippen LogP contribution in [-0.4, -0.2) is 37.7 Å². The van der Waals surface area contributed by atoms with Crippen LogP contribution in [0.4, 0.5) is 10.8 Å². The van der Waals surface area contributed by atoms with Crippen molar-refractivity contribution in [1.29, 1.82) is 0 Å². The number of fused-ring (bicyclic) bond motifs is 1. The van der Waals surface area contributed by atoms with Crippen molar-refractivity contribution in [2.45, 2.75) is 4.34 Å². The number of hydrogen-bond donors (Lipinski definition) is 2.